The Hall–Kier alpha value is -2.12. The Balaban J connectivity index is 1.38. The molecule has 2 fully saturated rings. The standard InChI is InChI=1S/C24H27Cl2N3O3/c1-16(30)29(20-8-6-19(26)7-9-20)21-10-12-27(13-11-21)22-14-28(15-23(22)31)24(32)17-2-4-18(25)5-3-17/h2-9,21-23,31H,10-15H2,1H3/t22-,23-/m1/s1. The first kappa shape index (κ1) is 23.1. The summed E-state index contributed by atoms with van der Waals surface area (Å²) in [4.78, 5) is 31.0. The Kier molecular flexibility index (Phi) is 7.05. The lowest BCUT2D eigenvalue weighted by atomic mass is 9.99. The second kappa shape index (κ2) is 9.79. The van der Waals surface area contributed by atoms with Crippen LogP contribution in [-0.2, 0) is 4.79 Å². The number of carbonyl (C=O) groups is 2. The normalized spacial score (nSPS) is 22.2. The summed E-state index contributed by atoms with van der Waals surface area (Å²) in [6, 6.07) is 14.1. The number of hydrogen-bond donors (Lipinski definition) is 1. The molecular weight excluding hydrogens is 449 g/mol. The first-order valence-corrected chi connectivity index (χ1v) is 11.6. The highest BCUT2D eigenvalue weighted by molar-refractivity contribution is 6.31. The van der Waals surface area contributed by atoms with E-state index in [2.05, 4.69) is 4.90 Å². The lowest BCUT2D eigenvalue weighted by Gasteiger charge is -2.41. The van der Waals surface area contributed by atoms with Crippen LogP contribution < -0.4 is 4.90 Å². The predicted molar refractivity (Wildman–Crippen MR) is 126 cm³/mol. The van der Waals surface area contributed by atoms with E-state index in [9.17, 15) is 14.7 Å². The molecule has 2 saturated heterocycles. The zero-order valence-electron chi connectivity index (χ0n) is 18.0. The van der Waals surface area contributed by atoms with Gasteiger partial charge in [0.25, 0.3) is 5.91 Å². The van der Waals surface area contributed by atoms with Crippen LogP contribution in [0.2, 0.25) is 10.0 Å². The van der Waals surface area contributed by atoms with E-state index in [1.165, 1.54) is 0 Å². The van der Waals surface area contributed by atoms with Crippen molar-refractivity contribution in [3.05, 3.63) is 64.1 Å². The van der Waals surface area contributed by atoms with Crippen LogP contribution in [0.1, 0.15) is 30.1 Å². The number of β-amino-alcohol motifs (C(OH)–C–C–N with tert-alkyl or cyclic N) is 1. The number of anilines is 1. The molecule has 0 radical (unpaired) electrons. The summed E-state index contributed by atoms with van der Waals surface area (Å²) in [5.41, 5.74) is 1.42. The molecule has 32 heavy (non-hydrogen) atoms. The van der Waals surface area contributed by atoms with Crippen molar-refractivity contribution in [1.29, 1.82) is 0 Å². The summed E-state index contributed by atoms with van der Waals surface area (Å²) in [6.45, 7) is 3.90. The van der Waals surface area contributed by atoms with Gasteiger partial charge in [0.1, 0.15) is 0 Å². The first-order valence-electron chi connectivity index (χ1n) is 10.9. The van der Waals surface area contributed by atoms with Gasteiger partial charge >= 0.3 is 0 Å². The molecule has 0 bridgehead atoms. The van der Waals surface area contributed by atoms with Gasteiger partial charge in [0.2, 0.25) is 5.91 Å². The van der Waals surface area contributed by atoms with Crippen LogP contribution in [0.4, 0.5) is 5.69 Å². The fourth-order valence-corrected chi connectivity index (χ4v) is 5.05. The highest BCUT2D eigenvalue weighted by Gasteiger charge is 2.40. The minimum Gasteiger partial charge on any atom is -0.390 e. The largest absolute Gasteiger partial charge is 0.390 e. The van der Waals surface area contributed by atoms with E-state index >= 15 is 0 Å². The van der Waals surface area contributed by atoms with Gasteiger partial charge in [0.15, 0.2) is 0 Å². The molecule has 2 atom stereocenters. The fraction of sp³-hybridized carbons (Fsp3) is 0.417. The van der Waals surface area contributed by atoms with Crippen LogP contribution >= 0.6 is 23.2 Å². The maximum absolute atomic E-state index is 12.8. The van der Waals surface area contributed by atoms with Gasteiger partial charge in [0, 0.05) is 60.4 Å². The second-order valence-corrected chi connectivity index (χ2v) is 9.36. The van der Waals surface area contributed by atoms with Gasteiger partial charge in [-0.15, -0.1) is 0 Å². The fourth-order valence-electron chi connectivity index (χ4n) is 4.80. The SMILES string of the molecule is CC(=O)N(c1ccc(Cl)cc1)C1CCN([C@@H]2CN(C(=O)c3ccc(Cl)cc3)C[C@H]2O)CC1. The number of aliphatic hydroxyl groups is 1. The number of nitrogens with zero attached hydrogens (tertiary/aromatic N) is 3. The zero-order valence-corrected chi connectivity index (χ0v) is 19.5. The molecule has 2 amide bonds. The van der Waals surface area contributed by atoms with Crippen molar-refractivity contribution < 1.29 is 14.7 Å². The quantitative estimate of drug-likeness (QED) is 0.731. The number of benzene rings is 2. The van der Waals surface area contributed by atoms with E-state index in [1.807, 2.05) is 17.0 Å². The molecular formula is C24H27Cl2N3O3. The maximum Gasteiger partial charge on any atom is 0.253 e. The van der Waals surface area contributed by atoms with Gasteiger partial charge in [-0.05, 0) is 61.4 Å². The summed E-state index contributed by atoms with van der Waals surface area (Å²) >= 11 is 11.9. The van der Waals surface area contributed by atoms with Crippen molar-refractivity contribution >= 4 is 40.7 Å². The summed E-state index contributed by atoms with van der Waals surface area (Å²) in [5, 5.41) is 11.9. The van der Waals surface area contributed by atoms with Crippen LogP contribution in [0.5, 0.6) is 0 Å². The molecule has 0 spiro atoms. The molecule has 8 heteroatoms. The molecule has 2 aromatic rings. The number of halogens is 2. The van der Waals surface area contributed by atoms with E-state index < -0.39 is 6.10 Å². The average molecular weight is 476 g/mol. The molecule has 2 aromatic carbocycles. The van der Waals surface area contributed by atoms with Gasteiger partial charge in [-0.2, -0.15) is 0 Å². The van der Waals surface area contributed by atoms with E-state index in [4.69, 9.17) is 23.2 Å². The van der Waals surface area contributed by atoms with E-state index in [1.54, 1.807) is 48.2 Å². The molecule has 2 heterocycles. The van der Waals surface area contributed by atoms with Crippen LogP contribution in [0.25, 0.3) is 0 Å². The number of hydrogen-bond acceptors (Lipinski definition) is 4. The van der Waals surface area contributed by atoms with Gasteiger partial charge < -0.3 is 14.9 Å². The molecule has 6 nitrogen and oxygen atoms in total. The van der Waals surface area contributed by atoms with Gasteiger partial charge in [-0.3, -0.25) is 14.5 Å². The number of likely N-dealkylation sites (tertiary alicyclic amines) is 2. The number of amides is 2. The molecule has 1 N–H and O–H groups in total. The Morgan fingerprint density at radius 2 is 1.50 bits per heavy atom. The lowest BCUT2D eigenvalue weighted by Crippen LogP contribution is -2.52. The number of piperidine rings is 1. The van der Waals surface area contributed by atoms with Crippen molar-refractivity contribution in [3.63, 3.8) is 0 Å². The summed E-state index contributed by atoms with van der Waals surface area (Å²) in [5.74, 6) is -0.0880. The van der Waals surface area contributed by atoms with E-state index in [0.717, 1.165) is 31.6 Å². The smallest absolute Gasteiger partial charge is 0.253 e. The van der Waals surface area contributed by atoms with Crippen molar-refractivity contribution in [3.8, 4) is 0 Å². The van der Waals surface area contributed by atoms with E-state index in [-0.39, 0.29) is 23.9 Å². The van der Waals surface area contributed by atoms with Crippen LogP contribution in [0, 0.1) is 0 Å². The van der Waals surface area contributed by atoms with Gasteiger partial charge in [0.05, 0.1) is 12.1 Å². The molecule has 0 aliphatic carbocycles. The molecule has 2 aliphatic heterocycles. The minimum atomic E-state index is -0.594. The summed E-state index contributed by atoms with van der Waals surface area (Å²) in [7, 11) is 0. The molecule has 0 unspecified atom stereocenters. The highest BCUT2D eigenvalue weighted by Crippen LogP contribution is 2.28. The maximum atomic E-state index is 12.8. The van der Waals surface area contributed by atoms with Gasteiger partial charge in [-0.1, -0.05) is 23.2 Å². The number of aliphatic hydroxyl groups excluding tert-OH is 1. The third-order valence-corrected chi connectivity index (χ3v) is 6.92. The molecule has 170 valence electrons. The van der Waals surface area contributed by atoms with Crippen molar-refractivity contribution in [2.45, 2.75) is 38.0 Å². The zero-order chi connectivity index (χ0) is 22.8. The molecule has 0 saturated carbocycles. The van der Waals surface area contributed by atoms with Gasteiger partial charge in [-0.25, -0.2) is 0 Å². The predicted octanol–water partition coefficient (Wildman–Crippen LogP) is 3.70. The number of carbonyl (C=O) groups excluding carboxylic acids is 2. The second-order valence-electron chi connectivity index (χ2n) is 8.48. The lowest BCUT2D eigenvalue weighted by molar-refractivity contribution is -0.117. The van der Waals surface area contributed by atoms with Crippen LogP contribution in [0.3, 0.4) is 0 Å². The third-order valence-electron chi connectivity index (χ3n) is 6.41. The van der Waals surface area contributed by atoms with Crippen molar-refractivity contribution in [2.24, 2.45) is 0 Å². The monoisotopic (exact) mass is 475 g/mol. The topological polar surface area (TPSA) is 64.1 Å². The summed E-state index contributed by atoms with van der Waals surface area (Å²) in [6.07, 6.45) is 1.01. The summed E-state index contributed by atoms with van der Waals surface area (Å²) < 4.78 is 0. The van der Waals surface area contributed by atoms with Crippen LogP contribution in [0.15, 0.2) is 48.5 Å². The van der Waals surface area contributed by atoms with Crippen molar-refractivity contribution in [2.75, 3.05) is 31.1 Å². The Bertz CT molecular complexity index is 959. The Morgan fingerprint density at radius 3 is 2.06 bits per heavy atom. The molecule has 0 aromatic heterocycles. The minimum absolute atomic E-state index is 0.00594. The van der Waals surface area contributed by atoms with Crippen molar-refractivity contribution in [1.82, 2.24) is 9.80 Å². The highest BCUT2D eigenvalue weighted by atomic mass is 35.5. The first-order chi connectivity index (χ1) is 15.3. The van der Waals surface area contributed by atoms with Crippen LogP contribution in [-0.4, -0.2) is 71.1 Å². The third kappa shape index (κ3) is 4.94. The molecule has 4 rings (SSSR count). The molecule has 2 aliphatic rings. The Morgan fingerprint density at radius 1 is 0.938 bits per heavy atom. The number of rotatable bonds is 4. The Labute approximate surface area is 198 Å². The average Bonchev–Trinajstić information content (AvgIpc) is 3.17. The van der Waals surface area contributed by atoms with E-state index in [0.29, 0.717) is 28.7 Å².